The van der Waals surface area contributed by atoms with Crippen molar-refractivity contribution in [2.24, 2.45) is 5.73 Å². The summed E-state index contributed by atoms with van der Waals surface area (Å²) in [7, 11) is 0. The number of nitrogens with two attached hydrogens (primary N) is 2. The monoisotopic (exact) mass is 373 g/mol. The number of H-pyrrole nitrogens is 1. The number of rotatable bonds is 4. The SMILES string of the molecule is NC(=O)c1nc(-c2ccc(F)c(-c3ccccc3-c3ccc(N)cc3)c2)n[nH]1. The number of primary amides is 1. The van der Waals surface area contributed by atoms with Crippen LogP contribution in [0.4, 0.5) is 10.1 Å². The number of halogens is 1. The first-order valence-electron chi connectivity index (χ1n) is 8.50. The van der Waals surface area contributed by atoms with E-state index in [0.717, 1.165) is 16.7 Å². The minimum atomic E-state index is -0.713. The fourth-order valence-electron chi connectivity index (χ4n) is 3.00. The lowest BCUT2D eigenvalue weighted by atomic mass is 9.93. The maximum absolute atomic E-state index is 14.7. The number of hydrogen-bond donors (Lipinski definition) is 3. The van der Waals surface area contributed by atoms with Gasteiger partial charge in [0, 0.05) is 16.8 Å². The first kappa shape index (κ1) is 17.4. The van der Waals surface area contributed by atoms with Crippen molar-refractivity contribution in [2.45, 2.75) is 0 Å². The Labute approximate surface area is 160 Å². The van der Waals surface area contributed by atoms with Gasteiger partial charge < -0.3 is 11.5 Å². The highest BCUT2D eigenvalue weighted by atomic mass is 19.1. The van der Waals surface area contributed by atoms with Crippen LogP contribution in [-0.4, -0.2) is 21.1 Å². The lowest BCUT2D eigenvalue weighted by Gasteiger charge is -2.12. The fourth-order valence-corrected chi connectivity index (χ4v) is 3.00. The molecule has 0 aliphatic carbocycles. The Morgan fingerprint density at radius 1 is 0.893 bits per heavy atom. The van der Waals surface area contributed by atoms with Crippen molar-refractivity contribution in [1.29, 1.82) is 0 Å². The molecule has 4 aromatic rings. The predicted octanol–water partition coefficient (Wildman–Crippen LogP) is 3.63. The molecule has 1 amide bonds. The summed E-state index contributed by atoms with van der Waals surface area (Å²) in [5.74, 6) is -0.879. The average Bonchev–Trinajstić information content (AvgIpc) is 3.20. The normalized spacial score (nSPS) is 10.8. The number of carbonyl (C=O) groups excluding carboxylic acids is 1. The average molecular weight is 373 g/mol. The molecule has 28 heavy (non-hydrogen) atoms. The number of benzene rings is 3. The van der Waals surface area contributed by atoms with Gasteiger partial charge in [0.1, 0.15) is 5.82 Å². The van der Waals surface area contributed by atoms with Gasteiger partial charge >= 0.3 is 0 Å². The van der Waals surface area contributed by atoms with Crippen LogP contribution in [0.25, 0.3) is 33.6 Å². The molecule has 0 fully saturated rings. The van der Waals surface area contributed by atoms with Gasteiger partial charge in [0.2, 0.25) is 5.82 Å². The molecule has 0 radical (unpaired) electrons. The Balaban J connectivity index is 1.84. The Kier molecular flexibility index (Phi) is 4.33. The molecule has 1 heterocycles. The van der Waals surface area contributed by atoms with Crippen molar-refractivity contribution in [3.05, 3.63) is 78.4 Å². The zero-order valence-corrected chi connectivity index (χ0v) is 14.7. The molecule has 0 saturated heterocycles. The van der Waals surface area contributed by atoms with Crippen LogP contribution in [0.1, 0.15) is 10.6 Å². The largest absolute Gasteiger partial charge is 0.399 e. The van der Waals surface area contributed by atoms with Gasteiger partial charge in [-0.15, -0.1) is 0 Å². The third-order valence-electron chi connectivity index (χ3n) is 4.38. The minimum absolute atomic E-state index is 0.0526. The van der Waals surface area contributed by atoms with Crippen LogP contribution >= 0.6 is 0 Å². The number of nitrogen functional groups attached to an aromatic ring is 1. The molecule has 0 aliphatic rings. The van der Waals surface area contributed by atoms with Gasteiger partial charge in [-0.1, -0.05) is 36.4 Å². The van der Waals surface area contributed by atoms with E-state index >= 15 is 0 Å². The molecule has 138 valence electrons. The number of hydrogen-bond acceptors (Lipinski definition) is 4. The van der Waals surface area contributed by atoms with Crippen LogP contribution in [0.3, 0.4) is 0 Å². The lowest BCUT2D eigenvalue weighted by molar-refractivity contribution is 0.0991. The van der Waals surface area contributed by atoms with Crippen molar-refractivity contribution in [2.75, 3.05) is 5.73 Å². The first-order chi connectivity index (χ1) is 13.5. The number of anilines is 1. The lowest BCUT2D eigenvalue weighted by Crippen LogP contribution is -2.12. The molecule has 0 saturated carbocycles. The van der Waals surface area contributed by atoms with Crippen LogP contribution < -0.4 is 11.5 Å². The third kappa shape index (κ3) is 3.21. The van der Waals surface area contributed by atoms with Gasteiger partial charge in [0.05, 0.1) is 0 Å². The van der Waals surface area contributed by atoms with Crippen molar-refractivity contribution < 1.29 is 9.18 Å². The summed E-state index contributed by atoms with van der Waals surface area (Å²) in [6, 6.07) is 19.5. The molecule has 5 N–H and O–H groups in total. The Bertz CT molecular complexity index is 1170. The van der Waals surface area contributed by atoms with Gasteiger partial charge in [0.25, 0.3) is 5.91 Å². The van der Waals surface area contributed by atoms with E-state index in [9.17, 15) is 9.18 Å². The van der Waals surface area contributed by atoms with E-state index in [-0.39, 0.29) is 17.5 Å². The molecule has 1 aromatic heterocycles. The highest BCUT2D eigenvalue weighted by Gasteiger charge is 2.15. The fraction of sp³-hybridized carbons (Fsp3) is 0. The molecule has 6 nitrogen and oxygen atoms in total. The van der Waals surface area contributed by atoms with E-state index in [4.69, 9.17) is 11.5 Å². The van der Waals surface area contributed by atoms with Crippen LogP contribution in [-0.2, 0) is 0 Å². The molecule has 0 bridgehead atoms. The summed E-state index contributed by atoms with van der Waals surface area (Å²) in [5, 5.41) is 6.47. The third-order valence-corrected chi connectivity index (χ3v) is 4.38. The van der Waals surface area contributed by atoms with Crippen LogP contribution in [0.15, 0.2) is 66.7 Å². The molecule has 0 atom stereocenters. The molecular formula is C21H16FN5O. The summed E-state index contributed by atoms with van der Waals surface area (Å²) in [4.78, 5) is 15.3. The summed E-state index contributed by atoms with van der Waals surface area (Å²) < 4.78 is 14.7. The zero-order chi connectivity index (χ0) is 19.7. The second kappa shape index (κ2) is 6.96. The van der Waals surface area contributed by atoms with Gasteiger partial charge in [-0.05, 0) is 47.0 Å². The molecular weight excluding hydrogens is 357 g/mol. The van der Waals surface area contributed by atoms with Crippen LogP contribution in [0.5, 0.6) is 0 Å². The smallest absolute Gasteiger partial charge is 0.286 e. The van der Waals surface area contributed by atoms with Crippen molar-refractivity contribution in [3.63, 3.8) is 0 Å². The van der Waals surface area contributed by atoms with E-state index in [1.54, 1.807) is 24.3 Å². The molecule has 0 spiro atoms. The first-order valence-corrected chi connectivity index (χ1v) is 8.50. The van der Waals surface area contributed by atoms with E-state index < -0.39 is 5.91 Å². The molecule has 7 heteroatoms. The summed E-state index contributed by atoms with van der Waals surface area (Å²) in [6.07, 6.45) is 0. The Morgan fingerprint density at radius 3 is 2.25 bits per heavy atom. The van der Waals surface area contributed by atoms with E-state index in [0.29, 0.717) is 16.8 Å². The van der Waals surface area contributed by atoms with Crippen LogP contribution in [0.2, 0.25) is 0 Å². The highest BCUT2D eigenvalue weighted by molar-refractivity contribution is 5.89. The predicted molar refractivity (Wildman–Crippen MR) is 106 cm³/mol. The highest BCUT2D eigenvalue weighted by Crippen LogP contribution is 2.35. The van der Waals surface area contributed by atoms with Gasteiger partial charge in [-0.3, -0.25) is 9.89 Å². The number of aromatic amines is 1. The van der Waals surface area contributed by atoms with Gasteiger partial charge in [0.15, 0.2) is 5.82 Å². The van der Waals surface area contributed by atoms with Crippen molar-refractivity contribution >= 4 is 11.6 Å². The molecule has 3 aromatic carbocycles. The van der Waals surface area contributed by atoms with Crippen molar-refractivity contribution in [1.82, 2.24) is 15.2 Å². The maximum atomic E-state index is 14.7. The van der Waals surface area contributed by atoms with E-state index in [1.165, 1.54) is 6.07 Å². The number of nitrogens with one attached hydrogen (secondary N) is 1. The maximum Gasteiger partial charge on any atom is 0.286 e. The number of nitrogens with zero attached hydrogens (tertiary/aromatic N) is 2. The Morgan fingerprint density at radius 2 is 1.57 bits per heavy atom. The topological polar surface area (TPSA) is 111 Å². The molecule has 0 aliphatic heterocycles. The summed E-state index contributed by atoms with van der Waals surface area (Å²) >= 11 is 0. The zero-order valence-electron chi connectivity index (χ0n) is 14.7. The second-order valence-corrected chi connectivity index (χ2v) is 6.23. The van der Waals surface area contributed by atoms with E-state index in [1.807, 2.05) is 36.4 Å². The molecule has 4 rings (SSSR count). The van der Waals surface area contributed by atoms with Gasteiger partial charge in [-0.2, -0.15) is 5.10 Å². The number of amides is 1. The second-order valence-electron chi connectivity index (χ2n) is 6.23. The quantitative estimate of drug-likeness (QED) is 0.474. The Hall–Kier alpha value is -4.00. The molecule has 0 unspecified atom stereocenters. The standard InChI is InChI=1S/C21H16FN5O/c22-18-10-7-13(20-25-21(19(24)28)27-26-20)11-17(18)16-4-2-1-3-15(16)12-5-8-14(23)9-6-12/h1-11H,23H2,(H2,24,28)(H,25,26,27). The van der Waals surface area contributed by atoms with Gasteiger partial charge in [-0.25, -0.2) is 9.37 Å². The summed E-state index contributed by atoms with van der Waals surface area (Å²) in [5.41, 5.74) is 15.1. The number of carbonyl (C=O) groups is 1. The van der Waals surface area contributed by atoms with Crippen LogP contribution in [0, 0.1) is 5.82 Å². The number of aromatic nitrogens is 3. The van der Waals surface area contributed by atoms with Crippen molar-refractivity contribution in [3.8, 4) is 33.6 Å². The van der Waals surface area contributed by atoms with E-state index in [2.05, 4.69) is 15.2 Å². The summed E-state index contributed by atoms with van der Waals surface area (Å²) in [6.45, 7) is 0. The minimum Gasteiger partial charge on any atom is -0.399 e.